The summed E-state index contributed by atoms with van der Waals surface area (Å²) in [7, 11) is 0. The summed E-state index contributed by atoms with van der Waals surface area (Å²) < 4.78 is 0. The molecule has 0 spiro atoms. The number of rotatable bonds is 2. The Morgan fingerprint density at radius 1 is 1.46 bits per heavy atom. The van der Waals surface area contributed by atoms with E-state index < -0.39 is 0 Å². The number of carbonyl (C=O) groups is 1. The molecule has 70 valence electrons. The van der Waals surface area contributed by atoms with Gasteiger partial charge in [-0.2, -0.15) is 0 Å². The molecule has 5 heteroatoms. The highest BCUT2D eigenvalue weighted by molar-refractivity contribution is 5.94. The second-order valence-electron chi connectivity index (χ2n) is 3.03. The van der Waals surface area contributed by atoms with Gasteiger partial charge in [0.05, 0.1) is 11.6 Å². The number of amides is 1. The Labute approximate surface area is 75.9 Å². The molecule has 1 aromatic rings. The van der Waals surface area contributed by atoms with Crippen molar-refractivity contribution in [3.63, 3.8) is 0 Å². The molecular weight excluding hydrogens is 168 g/mol. The number of H-pyrrole nitrogens is 1. The Morgan fingerprint density at radius 2 is 2.23 bits per heavy atom. The van der Waals surface area contributed by atoms with E-state index in [4.69, 9.17) is 0 Å². The third-order valence-corrected chi connectivity index (χ3v) is 2.02. The molecule has 0 atom stereocenters. The van der Waals surface area contributed by atoms with Crippen LogP contribution in [0.25, 0.3) is 0 Å². The van der Waals surface area contributed by atoms with Crippen molar-refractivity contribution in [2.24, 2.45) is 0 Å². The first-order valence-corrected chi connectivity index (χ1v) is 4.25. The van der Waals surface area contributed by atoms with Crippen LogP contribution < -0.4 is 16.2 Å². The van der Waals surface area contributed by atoms with Gasteiger partial charge in [-0.1, -0.05) is 0 Å². The quantitative estimate of drug-likeness (QED) is 0.482. The van der Waals surface area contributed by atoms with Gasteiger partial charge in [-0.3, -0.25) is 15.6 Å². The van der Waals surface area contributed by atoms with Gasteiger partial charge in [0.25, 0.3) is 5.91 Å². The number of nitrogens with one attached hydrogen (secondary N) is 4. The van der Waals surface area contributed by atoms with Crippen molar-refractivity contribution in [2.75, 3.05) is 13.1 Å². The lowest BCUT2D eigenvalue weighted by atomic mass is 10.2. The standard InChI is InChI=1S/C8H12N4O/c13-8(6-1-2-9-3-6)12-7-4-10-11-5-7/h1-3,7,9-11H,4-5H2,(H,12,13). The fraction of sp³-hybridized carbons (Fsp3) is 0.375. The zero-order valence-electron chi connectivity index (χ0n) is 7.13. The molecule has 1 aliphatic heterocycles. The molecule has 1 saturated heterocycles. The molecule has 0 saturated carbocycles. The molecular formula is C8H12N4O. The molecule has 13 heavy (non-hydrogen) atoms. The van der Waals surface area contributed by atoms with Crippen LogP contribution in [0.1, 0.15) is 10.4 Å². The summed E-state index contributed by atoms with van der Waals surface area (Å²) >= 11 is 0. The minimum atomic E-state index is -0.0308. The van der Waals surface area contributed by atoms with Gasteiger partial charge in [-0.15, -0.1) is 0 Å². The average Bonchev–Trinajstić information content (AvgIpc) is 2.74. The van der Waals surface area contributed by atoms with Gasteiger partial charge in [0.2, 0.25) is 0 Å². The van der Waals surface area contributed by atoms with Crippen molar-refractivity contribution in [2.45, 2.75) is 6.04 Å². The Kier molecular flexibility index (Phi) is 2.29. The van der Waals surface area contributed by atoms with Crippen molar-refractivity contribution >= 4 is 5.91 Å². The molecule has 1 fully saturated rings. The minimum absolute atomic E-state index is 0.0308. The predicted octanol–water partition coefficient (Wildman–Crippen LogP) is -0.779. The molecule has 2 heterocycles. The number of hydrogen-bond acceptors (Lipinski definition) is 3. The fourth-order valence-corrected chi connectivity index (χ4v) is 1.30. The topological polar surface area (TPSA) is 69.0 Å². The minimum Gasteiger partial charge on any atom is -0.367 e. The first-order chi connectivity index (χ1) is 6.36. The SMILES string of the molecule is O=C(NC1CNNC1)c1cc[nH]c1. The van der Waals surface area contributed by atoms with Crippen LogP contribution in [0.3, 0.4) is 0 Å². The van der Waals surface area contributed by atoms with Gasteiger partial charge in [-0.25, -0.2) is 0 Å². The predicted molar refractivity (Wildman–Crippen MR) is 48.1 cm³/mol. The van der Waals surface area contributed by atoms with E-state index in [9.17, 15) is 4.79 Å². The van der Waals surface area contributed by atoms with E-state index >= 15 is 0 Å². The van der Waals surface area contributed by atoms with Gasteiger partial charge in [-0.05, 0) is 6.07 Å². The molecule has 0 unspecified atom stereocenters. The summed E-state index contributed by atoms with van der Waals surface area (Å²) in [6, 6.07) is 1.94. The Hall–Kier alpha value is -1.33. The van der Waals surface area contributed by atoms with E-state index in [1.54, 1.807) is 18.5 Å². The van der Waals surface area contributed by atoms with Crippen LogP contribution >= 0.6 is 0 Å². The highest BCUT2D eigenvalue weighted by Gasteiger charge is 2.16. The average molecular weight is 180 g/mol. The molecule has 0 aliphatic carbocycles. The van der Waals surface area contributed by atoms with E-state index in [0.29, 0.717) is 5.56 Å². The molecule has 2 rings (SSSR count). The Bertz CT molecular complexity index is 276. The molecule has 4 N–H and O–H groups in total. The number of hydrogen-bond donors (Lipinski definition) is 4. The van der Waals surface area contributed by atoms with Crippen molar-refractivity contribution in [1.29, 1.82) is 0 Å². The van der Waals surface area contributed by atoms with E-state index in [0.717, 1.165) is 13.1 Å². The van der Waals surface area contributed by atoms with Crippen molar-refractivity contribution in [1.82, 2.24) is 21.2 Å². The highest BCUT2D eigenvalue weighted by Crippen LogP contribution is 1.97. The van der Waals surface area contributed by atoms with Gasteiger partial charge < -0.3 is 10.3 Å². The maximum absolute atomic E-state index is 11.5. The molecule has 1 amide bonds. The van der Waals surface area contributed by atoms with Gasteiger partial charge in [0, 0.05) is 25.5 Å². The van der Waals surface area contributed by atoms with Gasteiger partial charge in [0.1, 0.15) is 0 Å². The number of hydrazine groups is 1. The lowest BCUT2D eigenvalue weighted by Crippen LogP contribution is -2.38. The van der Waals surface area contributed by atoms with Gasteiger partial charge in [0.15, 0.2) is 0 Å². The largest absolute Gasteiger partial charge is 0.367 e. The van der Waals surface area contributed by atoms with E-state index in [-0.39, 0.29) is 11.9 Å². The lowest BCUT2D eigenvalue weighted by Gasteiger charge is -2.08. The van der Waals surface area contributed by atoms with Crippen LogP contribution in [0.5, 0.6) is 0 Å². The zero-order valence-corrected chi connectivity index (χ0v) is 7.13. The molecule has 0 bridgehead atoms. The van der Waals surface area contributed by atoms with Crippen LogP contribution in [0.2, 0.25) is 0 Å². The zero-order chi connectivity index (χ0) is 9.10. The fourth-order valence-electron chi connectivity index (χ4n) is 1.30. The number of aromatic amines is 1. The molecule has 0 radical (unpaired) electrons. The highest BCUT2D eigenvalue weighted by atomic mass is 16.1. The van der Waals surface area contributed by atoms with E-state index in [1.807, 2.05) is 0 Å². The molecule has 5 nitrogen and oxygen atoms in total. The first-order valence-electron chi connectivity index (χ1n) is 4.25. The van der Waals surface area contributed by atoms with Crippen LogP contribution in [0.4, 0.5) is 0 Å². The maximum Gasteiger partial charge on any atom is 0.253 e. The molecule has 0 aromatic carbocycles. The van der Waals surface area contributed by atoms with Crippen LogP contribution in [-0.4, -0.2) is 30.0 Å². The van der Waals surface area contributed by atoms with Crippen molar-refractivity contribution < 1.29 is 4.79 Å². The van der Waals surface area contributed by atoms with Crippen molar-refractivity contribution in [3.8, 4) is 0 Å². The Morgan fingerprint density at radius 3 is 2.85 bits per heavy atom. The normalized spacial score (nSPS) is 17.5. The summed E-state index contributed by atoms with van der Waals surface area (Å²) in [5.41, 5.74) is 6.57. The molecule has 1 aliphatic rings. The van der Waals surface area contributed by atoms with Crippen LogP contribution in [0, 0.1) is 0 Å². The van der Waals surface area contributed by atoms with Crippen LogP contribution in [-0.2, 0) is 0 Å². The Balaban J connectivity index is 1.91. The number of aromatic nitrogens is 1. The maximum atomic E-state index is 11.5. The summed E-state index contributed by atoms with van der Waals surface area (Å²) in [4.78, 5) is 14.3. The molecule has 1 aromatic heterocycles. The summed E-state index contributed by atoms with van der Waals surface area (Å²) in [6.07, 6.45) is 3.42. The summed E-state index contributed by atoms with van der Waals surface area (Å²) in [6.45, 7) is 1.55. The smallest absolute Gasteiger partial charge is 0.253 e. The third-order valence-electron chi connectivity index (χ3n) is 2.02. The number of carbonyl (C=O) groups excluding carboxylic acids is 1. The third kappa shape index (κ3) is 1.88. The van der Waals surface area contributed by atoms with E-state index in [2.05, 4.69) is 21.2 Å². The second kappa shape index (κ2) is 3.59. The van der Waals surface area contributed by atoms with Crippen LogP contribution in [0.15, 0.2) is 18.5 Å². The summed E-state index contributed by atoms with van der Waals surface area (Å²) in [5, 5.41) is 2.90. The summed E-state index contributed by atoms with van der Waals surface area (Å²) in [5.74, 6) is -0.0308. The lowest BCUT2D eigenvalue weighted by molar-refractivity contribution is 0.0942. The van der Waals surface area contributed by atoms with E-state index in [1.165, 1.54) is 0 Å². The van der Waals surface area contributed by atoms with Crippen molar-refractivity contribution in [3.05, 3.63) is 24.0 Å². The first kappa shape index (κ1) is 8.28. The monoisotopic (exact) mass is 180 g/mol. The second-order valence-corrected chi connectivity index (χ2v) is 3.03. The van der Waals surface area contributed by atoms with Gasteiger partial charge >= 0.3 is 0 Å².